The lowest BCUT2D eigenvalue weighted by molar-refractivity contribution is 0.0998. The number of rotatable bonds is 4. The second kappa shape index (κ2) is 6.62. The first kappa shape index (κ1) is 15.9. The minimum Gasteiger partial charge on any atom is -0.494 e. The van der Waals surface area contributed by atoms with Gasteiger partial charge in [0.15, 0.2) is 5.76 Å². The van der Waals surface area contributed by atoms with E-state index in [0.717, 1.165) is 26.0 Å². The number of carbonyl (C=O) groups excluding carboxylic acids is 1. The molecule has 0 aliphatic carbocycles. The number of furan rings is 1. The lowest BCUT2D eigenvalue weighted by Crippen LogP contribution is -2.12. The molecule has 23 heavy (non-hydrogen) atoms. The number of anilines is 1. The van der Waals surface area contributed by atoms with Crippen molar-refractivity contribution >= 4 is 45.2 Å². The van der Waals surface area contributed by atoms with Gasteiger partial charge >= 0.3 is 0 Å². The molecule has 0 radical (unpaired) electrons. The molecule has 3 aromatic rings. The standard InChI is InChI=1S/C18H16INO3/c1-3-22-14-8-9-16-15(10-14)11(2)17(23-16)18(21)20-13-6-4-12(19)5-7-13/h4-10H,3H2,1-2H3,(H,20,21). The van der Waals surface area contributed by atoms with Crippen LogP contribution in [0.2, 0.25) is 0 Å². The Hall–Kier alpha value is -2.02. The molecule has 1 amide bonds. The Morgan fingerprint density at radius 1 is 1.22 bits per heavy atom. The first-order valence-corrected chi connectivity index (χ1v) is 8.39. The smallest absolute Gasteiger partial charge is 0.291 e. The van der Waals surface area contributed by atoms with Crippen LogP contribution >= 0.6 is 22.6 Å². The fourth-order valence-electron chi connectivity index (χ4n) is 2.39. The molecular formula is C18H16INO3. The number of carbonyl (C=O) groups is 1. The monoisotopic (exact) mass is 421 g/mol. The molecule has 0 saturated carbocycles. The lowest BCUT2D eigenvalue weighted by atomic mass is 10.1. The number of amides is 1. The largest absolute Gasteiger partial charge is 0.494 e. The van der Waals surface area contributed by atoms with E-state index in [1.807, 2.05) is 56.3 Å². The van der Waals surface area contributed by atoms with Crippen molar-refractivity contribution in [2.24, 2.45) is 0 Å². The highest BCUT2D eigenvalue weighted by molar-refractivity contribution is 14.1. The molecule has 2 aromatic carbocycles. The summed E-state index contributed by atoms with van der Waals surface area (Å²) >= 11 is 2.22. The molecular weight excluding hydrogens is 405 g/mol. The van der Waals surface area contributed by atoms with Gasteiger partial charge < -0.3 is 14.5 Å². The van der Waals surface area contributed by atoms with E-state index in [4.69, 9.17) is 9.15 Å². The van der Waals surface area contributed by atoms with Crippen molar-refractivity contribution in [3.63, 3.8) is 0 Å². The van der Waals surface area contributed by atoms with Crippen LogP contribution in [0.1, 0.15) is 23.0 Å². The maximum absolute atomic E-state index is 12.5. The van der Waals surface area contributed by atoms with Gasteiger partial charge in [-0.2, -0.15) is 0 Å². The molecule has 0 fully saturated rings. The molecule has 0 aliphatic rings. The van der Waals surface area contributed by atoms with Crippen molar-refractivity contribution in [1.29, 1.82) is 0 Å². The third-order valence-electron chi connectivity index (χ3n) is 3.53. The van der Waals surface area contributed by atoms with E-state index in [0.29, 0.717) is 18.0 Å². The Morgan fingerprint density at radius 2 is 1.96 bits per heavy atom. The molecule has 4 nitrogen and oxygen atoms in total. The SMILES string of the molecule is CCOc1ccc2oc(C(=O)Nc3ccc(I)cc3)c(C)c2c1. The highest BCUT2D eigenvalue weighted by Crippen LogP contribution is 2.29. The van der Waals surface area contributed by atoms with Gasteiger partial charge in [-0.15, -0.1) is 0 Å². The molecule has 1 heterocycles. The van der Waals surface area contributed by atoms with Crippen molar-refractivity contribution in [3.8, 4) is 5.75 Å². The minimum atomic E-state index is -0.252. The number of halogens is 1. The fraction of sp³-hybridized carbons (Fsp3) is 0.167. The third-order valence-corrected chi connectivity index (χ3v) is 4.25. The molecule has 0 saturated heterocycles. The van der Waals surface area contributed by atoms with E-state index >= 15 is 0 Å². The van der Waals surface area contributed by atoms with E-state index in [1.165, 1.54) is 0 Å². The number of ether oxygens (including phenoxy) is 1. The van der Waals surface area contributed by atoms with Crippen LogP contribution in [0.5, 0.6) is 5.75 Å². The van der Waals surface area contributed by atoms with Crippen LogP contribution < -0.4 is 10.1 Å². The maximum atomic E-state index is 12.5. The van der Waals surface area contributed by atoms with E-state index in [9.17, 15) is 4.79 Å². The first-order valence-electron chi connectivity index (χ1n) is 7.31. The summed E-state index contributed by atoms with van der Waals surface area (Å²) in [5, 5.41) is 3.75. The van der Waals surface area contributed by atoms with Crippen LogP contribution in [0.25, 0.3) is 11.0 Å². The van der Waals surface area contributed by atoms with Gasteiger partial charge in [-0.25, -0.2) is 0 Å². The van der Waals surface area contributed by atoms with Crippen LogP contribution in [0.3, 0.4) is 0 Å². The molecule has 1 N–H and O–H groups in total. The summed E-state index contributed by atoms with van der Waals surface area (Å²) in [6, 6.07) is 13.2. The predicted octanol–water partition coefficient (Wildman–Crippen LogP) is 5.00. The van der Waals surface area contributed by atoms with Crippen molar-refractivity contribution in [1.82, 2.24) is 0 Å². The molecule has 3 rings (SSSR count). The zero-order chi connectivity index (χ0) is 16.4. The van der Waals surface area contributed by atoms with E-state index < -0.39 is 0 Å². The summed E-state index contributed by atoms with van der Waals surface area (Å²) in [7, 11) is 0. The minimum absolute atomic E-state index is 0.252. The van der Waals surface area contributed by atoms with Crippen molar-refractivity contribution in [3.05, 3.63) is 57.4 Å². The molecule has 118 valence electrons. The van der Waals surface area contributed by atoms with Crippen molar-refractivity contribution < 1.29 is 13.9 Å². The third kappa shape index (κ3) is 3.34. The Morgan fingerprint density at radius 3 is 2.65 bits per heavy atom. The molecule has 0 atom stereocenters. The predicted molar refractivity (Wildman–Crippen MR) is 99.2 cm³/mol. The number of fused-ring (bicyclic) bond motifs is 1. The zero-order valence-corrected chi connectivity index (χ0v) is 15.0. The molecule has 0 aliphatic heterocycles. The summed E-state index contributed by atoms with van der Waals surface area (Å²) in [6.07, 6.45) is 0. The average molecular weight is 421 g/mol. The summed E-state index contributed by atoms with van der Waals surface area (Å²) < 4.78 is 12.3. The summed E-state index contributed by atoms with van der Waals surface area (Å²) in [5.41, 5.74) is 2.23. The van der Waals surface area contributed by atoms with Gasteiger partial charge in [-0.1, -0.05) is 0 Å². The van der Waals surface area contributed by atoms with Gasteiger partial charge in [-0.05, 0) is 78.9 Å². The maximum Gasteiger partial charge on any atom is 0.291 e. The van der Waals surface area contributed by atoms with E-state index in [-0.39, 0.29) is 5.91 Å². The Bertz CT molecular complexity index is 853. The molecule has 0 bridgehead atoms. The zero-order valence-electron chi connectivity index (χ0n) is 12.9. The quantitative estimate of drug-likeness (QED) is 0.604. The van der Waals surface area contributed by atoms with E-state index in [2.05, 4.69) is 27.9 Å². The Kier molecular flexibility index (Phi) is 4.56. The van der Waals surface area contributed by atoms with Gasteiger partial charge in [0, 0.05) is 20.2 Å². The Balaban J connectivity index is 1.91. The van der Waals surface area contributed by atoms with Crippen molar-refractivity contribution in [2.75, 3.05) is 11.9 Å². The number of nitrogens with one attached hydrogen (secondary N) is 1. The van der Waals surface area contributed by atoms with Crippen LogP contribution in [0.15, 0.2) is 46.9 Å². The summed E-state index contributed by atoms with van der Waals surface area (Å²) in [5.74, 6) is 0.846. The normalized spacial score (nSPS) is 10.7. The van der Waals surface area contributed by atoms with Gasteiger partial charge in [0.2, 0.25) is 0 Å². The van der Waals surface area contributed by atoms with Crippen LogP contribution in [-0.2, 0) is 0 Å². The van der Waals surface area contributed by atoms with Gasteiger partial charge in [0.1, 0.15) is 11.3 Å². The van der Waals surface area contributed by atoms with E-state index in [1.54, 1.807) is 0 Å². The van der Waals surface area contributed by atoms with Gasteiger partial charge in [0.25, 0.3) is 5.91 Å². The highest BCUT2D eigenvalue weighted by atomic mass is 127. The number of hydrogen-bond acceptors (Lipinski definition) is 3. The second-order valence-corrected chi connectivity index (χ2v) is 6.35. The van der Waals surface area contributed by atoms with Crippen molar-refractivity contribution in [2.45, 2.75) is 13.8 Å². The summed E-state index contributed by atoms with van der Waals surface area (Å²) in [4.78, 5) is 12.5. The second-order valence-electron chi connectivity index (χ2n) is 5.11. The molecule has 5 heteroatoms. The molecule has 1 aromatic heterocycles. The number of benzene rings is 2. The Labute approximate surface area is 148 Å². The average Bonchev–Trinajstić information content (AvgIpc) is 2.87. The van der Waals surface area contributed by atoms with Crippen LogP contribution in [0, 0.1) is 10.5 Å². The van der Waals surface area contributed by atoms with Gasteiger partial charge in [0.05, 0.1) is 6.61 Å². The topological polar surface area (TPSA) is 51.5 Å². The first-order chi connectivity index (χ1) is 11.1. The fourth-order valence-corrected chi connectivity index (χ4v) is 2.75. The lowest BCUT2D eigenvalue weighted by Gasteiger charge is -2.03. The van der Waals surface area contributed by atoms with Gasteiger partial charge in [-0.3, -0.25) is 4.79 Å². The highest BCUT2D eigenvalue weighted by Gasteiger charge is 2.18. The van der Waals surface area contributed by atoms with Crippen LogP contribution in [-0.4, -0.2) is 12.5 Å². The summed E-state index contributed by atoms with van der Waals surface area (Å²) in [6.45, 7) is 4.42. The number of aryl methyl sites for hydroxylation is 1. The number of hydrogen-bond donors (Lipinski definition) is 1. The van der Waals surface area contributed by atoms with Crippen LogP contribution in [0.4, 0.5) is 5.69 Å². The molecule has 0 unspecified atom stereocenters. The molecule has 0 spiro atoms.